The lowest BCUT2D eigenvalue weighted by Crippen LogP contribution is -2.40. The number of nitrogens with zero attached hydrogens (tertiary/aromatic N) is 1. The Hall–Kier alpha value is -3.69. The van der Waals surface area contributed by atoms with Gasteiger partial charge in [0, 0.05) is 17.9 Å². The van der Waals surface area contributed by atoms with Crippen LogP contribution in [0.5, 0.6) is 0 Å². The normalized spacial score (nSPS) is 16.1. The van der Waals surface area contributed by atoms with Crippen molar-refractivity contribution in [3.8, 4) is 11.1 Å². The number of benzene rings is 3. The zero-order chi connectivity index (χ0) is 25.2. The standard InChI is InChI=1S/C26H27N3O5S/c1-17-5-14-23(18(2)16-17)28-26(32)27-21-10-6-19(7-11-21)20-8-12-22(13-9-20)35(33,34)29-15-3-4-24(29)25(30)31/h5-14,16,24H,3-4,15H2,1-2H3,(H,30,31)(H2,27,28,32). The average molecular weight is 494 g/mol. The number of aliphatic carboxylic acids is 1. The lowest BCUT2D eigenvalue weighted by Gasteiger charge is -2.21. The van der Waals surface area contributed by atoms with E-state index in [0.29, 0.717) is 18.5 Å². The molecule has 1 aliphatic rings. The smallest absolute Gasteiger partial charge is 0.323 e. The van der Waals surface area contributed by atoms with Crippen molar-refractivity contribution in [1.82, 2.24) is 4.31 Å². The second kappa shape index (κ2) is 9.89. The van der Waals surface area contributed by atoms with Gasteiger partial charge in [0.25, 0.3) is 0 Å². The summed E-state index contributed by atoms with van der Waals surface area (Å²) in [5.74, 6) is -1.13. The minimum absolute atomic E-state index is 0.0655. The lowest BCUT2D eigenvalue weighted by molar-refractivity contribution is -0.140. The van der Waals surface area contributed by atoms with E-state index in [9.17, 15) is 23.1 Å². The van der Waals surface area contributed by atoms with Gasteiger partial charge in [0.1, 0.15) is 6.04 Å². The Kier molecular flexibility index (Phi) is 6.90. The van der Waals surface area contributed by atoms with Crippen molar-refractivity contribution in [3.63, 3.8) is 0 Å². The molecule has 0 aliphatic carbocycles. The molecule has 182 valence electrons. The molecular weight excluding hydrogens is 466 g/mol. The van der Waals surface area contributed by atoms with Gasteiger partial charge in [-0.25, -0.2) is 13.2 Å². The van der Waals surface area contributed by atoms with E-state index >= 15 is 0 Å². The number of carboxylic acid groups (broad SMARTS) is 1. The molecule has 8 nitrogen and oxygen atoms in total. The molecule has 0 bridgehead atoms. The second-order valence-electron chi connectivity index (χ2n) is 8.61. The summed E-state index contributed by atoms with van der Waals surface area (Å²) in [6.07, 6.45) is 0.840. The molecule has 3 aromatic rings. The van der Waals surface area contributed by atoms with Crippen LogP contribution in [0, 0.1) is 13.8 Å². The topological polar surface area (TPSA) is 116 Å². The third kappa shape index (κ3) is 5.36. The first-order valence-corrected chi connectivity index (χ1v) is 12.7. The Morgan fingerprint density at radius 1 is 0.914 bits per heavy atom. The van der Waals surface area contributed by atoms with Crippen LogP contribution in [0.4, 0.5) is 16.2 Å². The van der Waals surface area contributed by atoms with E-state index in [-0.39, 0.29) is 17.5 Å². The summed E-state index contributed by atoms with van der Waals surface area (Å²) < 4.78 is 26.9. The Bertz CT molecular complexity index is 1350. The molecular formula is C26H27N3O5S. The van der Waals surface area contributed by atoms with Crippen molar-refractivity contribution >= 4 is 33.4 Å². The van der Waals surface area contributed by atoms with Gasteiger partial charge in [-0.05, 0) is 73.7 Å². The molecule has 0 saturated carbocycles. The van der Waals surface area contributed by atoms with Crippen LogP contribution < -0.4 is 10.6 Å². The summed E-state index contributed by atoms with van der Waals surface area (Å²) in [5, 5.41) is 15.0. The summed E-state index contributed by atoms with van der Waals surface area (Å²) >= 11 is 0. The van der Waals surface area contributed by atoms with Crippen molar-refractivity contribution < 1.29 is 23.1 Å². The van der Waals surface area contributed by atoms with Crippen LogP contribution in [0.1, 0.15) is 24.0 Å². The predicted octanol–water partition coefficient (Wildman–Crippen LogP) is 4.85. The third-order valence-electron chi connectivity index (χ3n) is 6.06. The van der Waals surface area contributed by atoms with Crippen molar-refractivity contribution in [1.29, 1.82) is 0 Å². The molecule has 1 fully saturated rings. The lowest BCUT2D eigenvalue weighted by atomic mass is 10.1. The van der Waals surface area contributed by atoms with Crippen molar-refractivity contribution in [2.75, 3.05) is 17.2 Å². The van der Waals surface area contributed by atoms with Gasteiger partial charge in [-0.2, -0.15) is 4.31 Å². The molecule has 3 N–H and O–H groups in total. The minimum atomic E-state index is -3.89. The number of nitrogens with one attached hydrogen (secondary N) is 2. The summed E-state index contributed by atoms with van der Waals surface area (Å²) in [6.45, 7) is 4.13. The van der Waals surface area contributed by atoms with E-state index in [1.165, 1.54) is 12.1 Å². The van der Waals surface area contributed by atoms with Crippen LogP contribution in [-0.4, -0.2) is 42.4 Å². The van der Waals surface area contributed by atoms with Crippen LogP contribution in [-0.2, 0) is 14.8 Å². The number of aryl methyl sites for hydroxylation is 2. The number of urea groups is 1. The zero-order valence-electron chi connectivity index (χ0n) is 19.5. The van der Waals surface area contributed by atoms with Gasteiger partial charge in [0.05, 0.1) is 4.90 Å². The SMILES string of the molecule is Cc1ccc(NC(=O)Nc2ccc(-c3ccc(S(=O)(=O)N4CCCC4C(=O)O)cc3)cc2)c(C)c1. The number of carboxylic acids is 1. The maximum atomic E-state index is 12.9. The van der Waals surface area contributed by atoms with Gasteiger partial charge >= 0.3 is 12.0 Å². The van der Waals surface area contributed by atoms with Gasteiger partial charge in [0.15, 0.2) is 0 Å². The predicted molar refractivity (Wildman–Crippen MR) is 135 cm³/mol. The quantitative estimate of drug-likeness (QED) is 0.454. The van der Waals surface area contributed by atoms with Gasteiger partial charge in [0.2, 0.25) is 10.0 Å². The molecule has 1 atom stereocenters. The molecule has 35 heavy (non-hydrogen) atoms. The summed E-state index contributed by atoms with van der Waals surface area (Å²) in [5.41, 5.74) is 5.09. The number of hydrogen-bond acceptors (Lipinski definition) is 4. The number of anilines is 2. The van der Waals surface area contributed by atoms with Gasteiger partial charge in [-0.3, -0.25) is 4.79 Å². The van der Waals surface area contributed by atoms with Gasteiger partial charge in [-0.1, -0.05) is 42.0 Å². The van der Waals surface area contributed by atoms with Crippen LogP contribution in [0.2, 0.25) is 0 Å². The molecule has 9 heteroatoms. The van der Waals surface area contributed by atoms with E-state index in [0.717, 1.165) is 32.2 Å². The molecule has 3 aromatic carbocycles. The van der Waals surface area contributed by atoms with E-state index in [1.807, 2.05) is 44.2 Å². The summed E-state index contributed by atoms with van der Waals surface area (Å²) in [6, 6.07) is 18.0. The average Bonchev–Trinajstić information content (AvgIpc) is 3.33. The third-order valence-corrected chi connectivity index (χ3v) is 7.98. The molecule has 1 aliphatic heterocycles. The fraction of sp³-hybridized carbons (Fsp3) is 0.231. The molecule has 1 saturated heterocycles. The summed E-state index contributed by atoms with van der Waals surface area (Å²) in [7, 11) is -3.89. The van der Waals surface area contributed by atoms with E-state index < -0.39 is 22.0 Å². The molecule has 1 heterocycles. The first kappa shape index (κ1) is 24.4. The summed E-state index contributed by atoms with van der Waals surface area (Å²) in [4.78, 5) is 23.8. The minimum Gasteiger partial charge on any atom is -0.480 e. The number of sulfonamides is 1. The highest BCUT2D eigenvalue weighted by atomic mass is 32.2. The number of amides is 2. The highest BCUT2D eigenvalue weighted by Crippen LogP contribution is 2.28. The highest BCUT2D eigenvalue weighted by molar-refractivity contribution is 7.89. The first-order valence-electron chi connectivity index (χ1n) is 11.3. The van der Waals surface area contributed by atoms with Crippen LogP contribution >= 0.6 is 0 Å². The first-order chi connectivity index (χ1) is 16.6. The van der Waals surface area contributed by atoms with E-state index in [1.54, 1.807) is 24.3 Å². The largest absolute Gasteiger partial charge is 0.480 e. The maximum Gasteiger partial charge on any atom is 0.323 e. The van der Waals surface area contributed by atoms with E-state index in [4.69, 9.17) is 0 Å². The van der Waals surface area contributed by atoms with Crippen molar-refractivity contribution in [2.45, 2.75) is 37.6 Å². The van der Waals surface area contributed by atoms with Crippen molar-refractivity contribution in [3.05, 3.63) is 77.9 Å². The van der Waals surface area contributed by atoms with Crippen LogP contribution in [0.3, 0.4) is 0 Å². The van der Waals surface area contributed by atoms with E-state index in [2.05, 4.69) is 10.6 Å². The molecule has 1 unspecified atom stereocenters. The molecule has 4 rings (SSSR count). The Morgan fingerprint density at radius 3 is 2.14 bits per heavy atom. The molecule has 2 amide bonds. The Labute approximate surface area is 204 Å². The Morgan fingerprint density at radius 2 is 1.54 bits per heavy atom. The number of hydrogen-bond donors (Lipinski definition) is 3. The monoisotopic (exact) mass is 493 g/mol. The van der Waals surface area contributed by atoms with Crippen LogP contribution in [0.25, 0.3) is 11.1 Å². The Balaban J connectivity index is 1.43. The second-order valence-corrected chi connectivity index (χ2v) is 10.5. The van der Waals surface area contributed by atoms with Crippen LogP contribution in [0.15, 0.2) is 71.6 Å². The fourth-order valence-electron chi connectivity index (χ4n) is 4.21. The highest BCUT2D eigenvalue weighted by Gasteiger charge is 2.39. The molecule has 0 radical (unpaired) electrons. The number of carbonyl (C=O) groups is 2. The van der Waals surface area contributed by atoms with Gasteiger partial charge < -0.3 is 15.7 Å². The van der Waals surface area contributed by atoms with Crippen molar-refractivity contribution in [2.24, 2.45) is 0 Å². The number of carbonyl (C=O) groups excluding carboxylic acids is 1. The number of rotatable bonds is 6. The molecule has 0 aromatic heterocycles. The molecule has 0 spiro atoms. The zero-order valence-corrected chi connectivity index (χ0v) is 20.3. The maximum absolute atomic E-state index is 12.9. The fourth-order valence-corrected chi connectivity index (χ4v) is 5.86. The van der Waals surface area contributed by atoms with Gasteiger partial charge in [-0.15, -0.1) is 0 Å².